The molecule has 6 nitrogen and oxygen atoms in total. The van der Waals surface area contributed by atoms with E-state index in [-0.39, 0.29) is 5.95 Å². The highest BCUT2D eigenvalue weighted by atomic mass is 15.1. The van der Waals surface area contributed by atoms with E-state index in [1.807, 2.05) is 37.4 Å². The maximum atomic E-state index is 5.88. The van der Waals surface area contributed by atoms with E-state index < -0.39 is 0 Å². The SMILES string of the molecule is Cc1ccc(Nc2cc(CN(C)Cc3ccncc3)nc(N)n2)cc1. The van der Waals surface area contributed by atoms with Gasteiger partial charge in [0.05, 0.1) is 5.69 Å². The van der Waals surface area contributed by atoms with Crippen molar-refractivity contribution in [2.24, 2.45) is 0 Å². The molecule has 0 aliphatic rings. The van der Waals surface area contributed by atoms with Crippen LogP contribution in [-0.2, 0) is 13.1 Å². The highest BCUT2D eigenvalue weighted by Crippen LogP contribution is 2.17. The Bertz CT molecular complexity index is 817. The largest absolute Gasteiger partial charge is 0.368 e. The number of benzene rings is 1. The first-order valence-electron chi connectivity index (χ1n) is 8.13. The van der Waals surface area contributed by atoms with Crippen LogP contribution >= 0.6 is 0 Å². The average Bonchev–Trinajstić information content (AvgIpc) is 2.57. The summed E-state index contributed by atoms with van der Waals surface area (Å²) in [5, 5.41) is 3.28. The van der Waals surface area contributed by atoms with E-state index in [9.17, 15) is 0 Å². The Balaban J connectivity index is 1.69. The van der Waals surface area contributed by atoms with Gasteiger partial charge in [0.25, 0.3) is 0 Å². The molecule has 0 bridgehead atoms. The summed E-state index contributed by atoms with van der Waals surface area (Å²) in [6, 6.07) is 14.1. The Morgan fingerprint density at radius 3 is 2.44 bits per heavy atom. The van der Waals surface area contributed by atoms with Crippen LogP contribution in [0.2, 0.25) is 0 Å². The second kappa shape index (κ2) is 7.72. The molecule has 0 saturated carbocycles. The van der Waals surface area contributed by atoms with E-state index in [0.29, 0.717) is 12.4 Å². The summed E-state index contributed by atoms with van der Waals surface area (Å²) in [7, 11) is 2.05. The highest BCUT2D eigenvalue weighted by Gasteiger charge is 2.07. The van der Waals surface area contributed by atoms with E-state index in [1.165, 1.54) is 11.1 Å². The van der Waals surface area contributed by atoms with Crippen molar-refractivity contribution in [3.05, 3.63) is 71.7 Å². The first-order chi connectivity index (χ1) is 12.1. The van der Waals surface area contributed by atoms with Gasteiger partial charge in [-0.3, -0.25) is 9.88 Å². The molecular formula is C19H22N6. The Kier molecular flexibility index (Phi) is 5.20. The second-order valence-electron chi connectivity index (χ2n) is 6.12. The predicted octanol–water partition coefficient (Wildman–Crippen LogP) is 3.14. The number of hydrogen-bond acceptors (Lipinski definition) is 6. The van der Waals surface area contributed by atoms with Crippen molar-refractivity contribution in [1.29, 1.82) is 0 Å². The summed E-state index contributed by atoms with van der Waals surface area (Å²) in [6.45, 7) is 3.55. The van der Waals surface area contributed by atoms with Crippen molar-refractivity contribution >= 4 is 17.5 Å². The van der Waals surface area contributed by atoms with Crippen molar-refractivity contribution < 1.29 is 0 Å². The maximum Gasteiger partial charge on any atom is 0.222 e. The predicted molar refractivity (Wildman–Crippen MR) is 100 cm³/mol. The van der Waals surface area contributed by atoms with Gasteiger partial charge in [0.15, 0.2) is 0 Å². The first-order valence-corrected chi connectivity index (χ1v) is 8.13. The first kappa shape index (κ1) is 16.9. The number of aryl methyl sites for hydroxylation is 1. The molecular weight excluding hydrogens is 312 g/mol. The fraction of sp³-hybridized carbons (Fsp3) is 0.211. The van der Waals surface area contributed by atoms with Crippen molar-refractivity contribution in [2.45, 2.75) is 20.0 Å². The van der Waals surface area contributed by atoms with Crippen LogP contribution in [0.1, 0.15) is 16.8 Å². The van der Waals surface area contributed by atoms with E-state index >= 15 is 0 Å². The number of nitrogens with one attached hydrogen (secondary N) is 1. The van der Waals surface area contributed by atoms with Gasteiger partial charge in [-0.1, -0.05) is 17.7 Å². The molecule has 2 aromatic heterocycles. The van der Waals surface area contributed by atoms with Gasteiger partial charge in [-0.2, -0.15) is 4.98 Å². The Labute approximate surface area is 147 Å². The zero-order valence-corrected chi connectivity index (χ0v) is 14.5. The number of anilines is 3. The molecule has 2 heterocycles. The lowest BCUT2D eigenvalue weighted by Crippen LogP contribution is -2.18. The number of nitrogen functional groups attached to an aromatic ring is 1. The molecule has 0 amide bonds. The molecule has 25 heavy (non-hydrogen) atoms. The topological polar surface area (TPSA) is 80.0 Å². The number of nitrogens with two attached hydrogens (primary N) is 1. The molecule has 3 aromatic rings. The standard InChI is InChI=1S/C19H22N6/c1-14-3-5-16(6-4-14)22-18-11-17(23-19(20)24-18)13-25(2)12-15-7-9-21-10-8-15/h3-11H,12-13H2,1-2H3,(H3,20,22,23,24). The zero-order valence-electron chi connectivity index (χ0n) is 14.5. The van der Waals surface area contributed by atoms with Crippen molar-refractivity contribution in [2.75, 3.05) is 18.1 Å². The molecule has 0 saturated heterocycles. The number of nitrogens with zero attached hydrogens (tertiary/aromatic N) is 4. The van der Waals surface area contributed by atoms with Gasteiger partial charge in [0, 0.05) is 37.2 Å². The number of hydrogen-bond donors (Lipinski definition) is 2. The second-order valence-corrected chi connectivity index (χ2v) is 6.12. The smallest absolute Gasteiger partial charge is 0.222 e. The van der Waals surface area contributed by atoms with E-state index in [0.717, 1.165) is 17.9 Å². The van der Waals surface area contributed by atoms with Gasteiger partial charge in [0.2, 0.25) is 5.95 Å². The number of rotatable bonds is 6. The molecule has 0 spiro atoms. The maximum absolute atomic E-state index is 5.88. The third-order valence-electron chi connectivity index (χ3n) is 3.75. The highest BCUT2D eigenvalue weighted by molar-refractivity contribution is 5.57. The molecule has 6 heteroatoms. The van der Waals surface area contributed by atoms with Gasteiger partial charge in [-0.05, 0) is 43.8 Å². The molecule has 3 rings (SSSR count). The normalized spacial score (nSPS) is 10.8. The minimum Gasteiger partial charge on any atom is -0.368 e. The summed E-state index contributed by atoms with van der Waals surface area (Å²) in [4.78, 5) is 14.8. The molecule has 0 radical (unpaired) electrons. The minimum absolute atomic E-state index is 0.268. The summed E-state index contributed by atoms with van der Waals surface area (Å²) in [5.74, 6) is 0.966. The van der Waals surface area contributed by atoms with Crippen LogP contribution in [0.25, 0.3) is 0 Å². The number of aromatic nitrogens is 3. The molecule has 3 N–H and O–H groups in total. The summed E-state index contributed by atoms with van der Waals surface area (Å²) in [5.41, 5.74) is 10.1. The summed E-state index contributed by atoms with van der Waals surface area (Å²) in [6.07, 6.45) is 3.60. The van der Waals surface area contributed by atoms with Gasteiger partial charge in [0.1, 0.15) is 5.82 Å². The molecule has 1 aromatic carbocycles. The van der Waals surface area contributed by atoms with Crippen LogP contribution in [0.5, 0.6) is 0 Å². The van der Waals surface area contributed by atoms with Crippen molar-refractivity contribution in [1.82, 2.24) is 19.9 Å². The third kappa shape index (κ3) is 4.99. The van der Waals surface area contributed by atoms with Crippen LogP contribution in [0.4, 0.5) is 17.5 Å². The van der Waals surface area contributed by atoms with Gasteiger partial charge >= 0.3 is 0 Å². The Morgan fingerprint density at radius 1 is 1.00 bits per heavy atom. The monoisotopic (exact) mass is 334 g/mol. The lowest BCUT2D eigenvalue weighted by atomic mass is 10.2. The Hall–Kier alpha value is -2.99. The minimum atomic E-state index is 0.268. The van der Waals surface area contributed by atoms with E-state index in [2.05, 4.69) is 44.2 Å². The van der Waals surface area contributed by atoms with Crippen molar-refractivity contribution in [3.8, 4) is 0 Å². The van der Waals surface area contributed by atoms with Crippen LogP contribution in [-0.4, -0.2) is 26.9 Å². The van der Waals surface area contributed by atoms with Crippen molar-refractivity contribution in [3.63, 3.8) is 0 Å². The Morgan fingerprint density at radius 2 is 1.72 bits per heavy atom. The lowest BCUT2D eigenvalue weighted by molar-refractivity contribution is 0.315. The average molecular weight is 334 g/mol. The van der Waals surface area contributed by atoms with Gasteiger partial charge in [-0.15, -0.1) is 0 Å². The zero-order chi connectivity index (χ0) is 17.6. The summed E-state index contributed by atoms with van der Waals surface area (Å²) < 4.78 is 0. The molecule has 0 unspecified atom stereocenters. The molecule has 0 aliphatic carbocycles. The van der Waals surface area contributed by atoms with Gasteiger partial charge < -0.3 is 11.1 Å². The van der Waals surface area contributed by atoms with Crippen LogP contribution in [0.15, 0.2) is 54.9 Å². The fourth-order valence-corrected chi connectivity index (χ4v) is 2.58. The summed E-state index contributed by atoms with van der Waals surface area (Å²) >= 11 is 0. The van der Waals surface area contributed by atoms with E-state index in [4.69, 9.17) is 5.73 Å². The number of pyridine rings is 1. The third-order valence-corrected chi connectivity index (χ3v) is 3.75. The van der Waals surface area contributed by atoms with Crippen LogP contribution in [0, 0.1) is 6.92 Å². The van der Waals surface area contributed by atoms with E-state index in [1.54, 1.807) is 12.4 Å². The fourth-order valence-electron chi connectivity index (χ4n) is 2.58. The molecule has 0 atom stereocenters. The van der Waals surface area contributed by atoms with Crippen LogP contribution < -0.4 is 11.1 Å². The van der Waals surface area contributed by atoms with Gasteiger partial charge in [-0.25, -0.2) is 4.98 Å². The molecule has 128 valence electrons. The molecule has 0 fully saturated rings. The quantitative estimate of drug-likeness (QED) is 0.721. The molecule has 0 aliphatic heterocycles. The van der Waals surface area contributed by atoms with Crippen LogP contribution in [0.3, 0.4) is 0 Å². The lowest BCUT2D eigenvalue weighted by Gasteiger charge is -2.17.